The number of rotatable bonds is 11. The second-order valence-corrected chi connectivity index (χ2v) is 19.2. The van der Waals surface area contributed by atoms with Gasteiger partial charge in [-0.25, -0.2) is 0 Å². The van der Waals surface area contributed by atoms with Crippen LogP contribution in [-0.2, 0) is 23.4 Å². The molecular weight excluding hydrogens is 552 g/mol. The molecule has 5 atom stereocenters. The van der Waals surface area contributed by atoms with Gasteiger partial charge in [-0.2, -0.15) is 0 Å². The van der Waals surface area contributed by atoms with Gasteiger partial charge in [0.25, 0.3) is 0 Å². The van der Waals surface area contributed by atoms with E-state index in [2.05, 4.69) is 41.5 Å². The Bertz CT molecular complexity index is 1160. The SMILES string of the molecule is COc1ccc([C@@H]2[C@@H](O[Si](C(C)C)(C(C)C)C(C)C)C[C@]34C[C@@H](C(C)(C)O)OC3=CC(=O)[C@H]2C4(OC)OC)cc1OC. The van der Waals surface area contributed by atoms with Crippen LogP contribution < -0.4 is 9.47 Å². The predicted octanol–water partition coefficient (Wildman–Crippen LogP) is 6.37. The molecule has 1 aliphatic heterocycles. The summed E-state index contributed by atoms with van der Waals surface area (Å²) in [5.74, 6) is -0.880. The summed E-state index contributed by atoms with van der Waals surface area (Å²) >= 11 is 0. The van der Waals surface area contributed by atoms with Gasteiger partial charge in [0.2, 0.25) is 8.32 Å². The summed E-state index contributed by atoms with van der Waals surface area (Å²) in [5.41, 5.74) is -0.0472. The maximum absolute atomic E-state index is 14.3. The highest BCUT2D eigenvalue weighted by Crippen LogP contribution is 2.67. The minimum Gasteiger partial charge on any atom is -0.493 e. The first-order valence-corrected chi connectivity index (χ1v) is 17.4. The zero-order chi connectivity index (χ0) is 31.4. The van der Waals surface area contributed by atoms with Gasteiger partial charge in [0.1, 0.15) is 11.9 Å². The summed E-state index contributed by atoms with van der Waals surface area (Å²) in [6.07, 6.45) is 1.68. The molecule has 1 N–H and O–H groups in total. The maximum atomic E-state index is 14.3. The molecule has 1 heterocycles. The normalized spacial score (nSPS) is 29.0. The van der Waals surface area contributed by atoms with Gasteiger partial charge in [-0.3, -0.25) is 4.79 Å². The quantitative estimate of drug-likeness (QED) is 0.230. The lowest BCUT2D eigenvalue weighted by Gasteiger charge is -2.60. The number of ketones is 1. The van der Waals surface area contributed by atoms with E-state index in [1.165, 1.54) is 0 Å². The monoisotopic (exact) mass is 604 g/mol. The van der Waals surface area contributed by atoms with Gasteiger partial charge in [0.15, 0.2) is 23.1 Å². The molecule has 2 aliphatic carbocycles. The van der Waals surface area contributed by atoms with E-state index < -0.39 is 43.1 Å². The molecule has 0 aromatic heterocycles. The predicted molar refractivity (Wildman–Crippen MR) is 164 cm³/mol. The van der Waals surface area contributed by atoms with Crippen molar-refractivity contribution in [3.05, 3.63) is 35.6 Å². The molecule has 1 aromatic rings. The van der Waals surface area contributed by atoms with Crippen molar-refractivity contribution in [2.45, 2.75) is 114 Å². The zero-order valence-corrected chi connectivity index (χ0v) is 28.6. The highest BCUT2D eigenvalue weighted by atomic mass is 28.4. The Morgan fingerprint density at radius 3 is 1.98 bits per heavy atom. The number of benzene rings is 1. The Morgan fingerprint density at radius 2 is 1.50 bits per heavy atom. The molecule has 0 unspecified atom stereocenters. The van der Waals surface area contributed by atoms with Crippen molar-refractivity contribution in [3.63, 3.8) is 0 Å². The fourth-order valence-electron chi connectivity index (χ4n) is 8.71. The average molecular weight is 605 g/mol. The third kappa shape index (κ3) is 4.74. The van der Waals surface area contributed by atoms with Crippen LogP contribution in [0.3, 0.4) is 0 Å². The van der Waals surface area contributed by atoms with E-state index in [1.807, 2.05) is 18.2 Å². The summed E-state index contributed by atoms with van der Waals surface area (Å²) in [5, 5.41) is 11.1. The Hall–Kier alpha value is -1.91. The van der Waals surface area contributed by atoms with Gasteiger partial charge >= 0.3 is 0 Å². The van der Waals surface area contributed by atoms with Crippen LogP contribution in [0.1, 0.15) is 79.7 Å². The number of aliphatic hydroxyl groups is 1. The number of carbonyl (C=O) groups is 1. The molecule has 2 fully saturated rings. The molecule has 3 aliphatic rings. The molecule has 0 amide bonds. The minimum absolute atomic E-state index is 0.139. The summed E-state index contributed by atoms with van der Waals surface area (Å²) < 4.78 is 38.0. The van der Waals surface area contributed by atoms with Crippen LogP contribution in [0, 0.1) is 11.3 Å². The standard InChI is InChI=1S/C33H52O8Si/c1-19(2)42(20(3)4,21(5)6)41-26-17-32-18-28(31(7,8)35)40-27(32)16-23(34)30(33(32,38-11)39-12)29(26)22-13-14-24(36-9)25(15-22)37-10/h13-16,19-21,26,28-30,35H,17-18H2,1-12H3/t26-,28-,29+,30+,32-/m0/s1. The molecule has 8 nitrogen and oxygen atoms in total. The first-order chi connectivity index (χ1) is 19.6. The van der Waals surface area contributed by atoms with Crippen LogP contribution in [-0.4, -0.2) is 71.2 Å². The number of ether oxygens (including phenoxy) is 5. The number of carbonyl (C=O) groups excluding carboxylic acids is 1. The largest absolute Gasteiger partial charge is 0.493 e. The maximum Gasteiger partial charge on any atom is 0.200 e. The number of methoxy groups -OCH3 is 4. The topological polar surface area (TPSA) is 92.7 Å². The Labute approximate surface area is 253 Å². The van der Waals surface area contributed by atoms with E-state index in [9.17, 15) is 9.90 Å². The van der Waals surface area contributed by atoms with Gasteiger partial charge in [-0.15, -0.1) is 0 Å². The van der Waals surface area contributed by atoms with Crippen molar-refractivity contribution < 1.29 is 38.0 Å². The summed E-state index contributed by atoms with van der Waals surface area (Å²) in [7, 11) is 4.01. The molecule has 42 heavy (non-hydrogen) atoms. The third-order valence-corrected chi connectivity index (χ3v) is 16.6. The molecule has 4 rings (SSSR count). The van der Waals surface area contributed by atoms with Crippen LogP contribution in [0.25, 0.3) is 0 Å². The highest BCUT2D eigenvalue weighted by Gasteiger charge is 2.74. The van der Waals surface area contributed by atoms with Gasteiger partial charge in [0, 0.05) is 32.6 Å². The van der Waals surface area contributed by atoms with Crippen LogP contribution in [0.4, 0.5) is 0 Å². The Morgan fingerprint density at radius 1 is 0.929 bits per heavy atom. The lowest BCUT2D eigenvalue weighted by Crippen LogP contribution is -2.68. The van der Waals surface area contributed by atoms with Crippen LogP contribution in [0.2, 0.25) is 16.6 Å². The molecule has 1 spiro atoms. The van der Waals surface area contributed by atoms with Crippen LogP contribution in [0.15, 0.2) is 30.0 Å². The summed E-state index contributed by atoms with van der Waals surface area (Å²) in [4.78, 5) is 14.3. The molecule has 236 valence electrons. The minimum atomic E-state index is -2.43. The fraction of sp³-hybridized carbons (Fsp3) is 0.727. The summed E-state index contributed by atoms with van der Waals surface area (Å²) in [6, 6.07) is 5.83. The first kappa shape index (κ1) is 33.0. The summed E-state index contributed by atoms with van der Waals surface area (Å²) in [6.45, 7) is 17.1. The Kier molecular flexibility index (Phi) is 9.07. The van der Waals surface area contributed by atoms with Gasteiger partial charge in [-0.05, 0) is 54.6 Å². The number of allylic oxidation sites excluding steroid dienone is 1. The van der Waals surface area contributed by atoms with E-state index in [0.717, 1.165) is 5.56 Å². The molecule has 1 saturated heterocycles. The second-order valence-electron chi connectivity index (χ2n) is 13.8. The van der Waals surface area contributed by atoms with Crippen molar-refractivity contribution >= 4 is 14.1 Å². The van der Waals surface area contributed by atoms with E-state index >= 15 is 0 Å². The highest BCUT2D eigenvalue weighted by molar-refractivity contribution is 6.77. The van der Waals surface area contributed by atoms with Gasteiger partial charge in [0.05, 0.1) is 37.3 Å². The molecule has 9 heteroatoms. The van der Waals surface area contributed by atoms with Gasteiger partial charge in [-0.1, -0.05) is 47.6 Å². The van der Waals surface area contributed by atoms with Crippen LogP contribution in [0.5, 0.6) is 11.5 Å². The van der Waals surface area contributed by atoms with Crippen LogP contribution >= 0.6 is 0 Å². The molecular formula is C33H52O8Si. The van der Waals surface area contributed by atoms with E-state index in [1.54, 1.807) is 48.4 Å². The smallest absolute Gasteiger partial charge is 0.200 e. The number of hydrogen-bond donors (Lipinski definition) is 1. The lowest BCUT2D eigenvalue weighted by atomic mass is 9.52. The number of hydrogen-bond acceptors (Lipinski definition) is 8. The first-order valence-electron chi connectivity index (χ1n) is 15.2. The Balaban J connectivity index is 2.01. The third-order valence-electron chi connectivity index (χ3n) is 10.5. The van der Waals surface area contributed by atoms with E-state index in [4.69, 9.17) is 28.1 Å². The fourth-order valence-corrected chi connectivity index (χ4v) is 14.3. The lowest BCUT2D eigenvalue weighted by molar-refractivity contribution is -0.318. The van der Waals surface area contributed by atoms with E-state index in [-0.39, 0.29) is 11.9 Å². The van der Waals surface area contributed by atoms with Gasteiger partial charge < -0.3 is 33.2 Å². The van der Waals surface area contributed by atoms with Crippen molar-refractivity contribution in [1.29, 1.82) is 0 Å². The molecule has 2 bridgehead atoms. The van der Waals surface area contributed by atoms with Crippen molar-refractivity contribution in [3.8, 4) is 11.5 Å². The van der Waals surface area contributed by atoms with Crippen molar-refractivity contribution in [2.75, 3.05) is 28.4 Å². The second kappa shape index (κ2) is 11.5. The molecule has 0 radical (unpaired) electrons. The number of fused-ring (bicyclic) bond motifs is 1. The van der Waals surface area contributed by atoms with Crippen molar-refractivity contribution in [2.24, 2.45) is 11.3 Å². The molecule has 1 aromatic carbocycles. The van der Waals surface area contributed by atoms with E-state index in [0.29, 0.717) is 46.7 Å². The van der Waals surface area contributed by atoms with Crippen molar-refractivity contribution in [1.82, 2.24) is 0 Å². The average Bonchev–Trinajstić information content (AvgIpc) is 3.29. The zero-order valence-electron chi connectivity index (χ0n) is 27.6. The molecule has 1 saturated carbocycles.